The summed E-state index contributed by atoms with van der Waals surface area (Å²) in [6.07, 6.45) is -2.69. The minimum Gasteiger partial charge on any atom is -0.481 e. The van der Waals surface area contributed by atoms with Crippen LogP contribution in [0.3, 0.4) is 0 Å². The summed E-state index contributed by atoms with van der Waals surface area (Å²) >= 11 is 0. The lowest BCUT2D eigenvalue weighted by Gasteiger charge is -2.30. The maximum Gasteiger partial charge on any atom is 0.407 e. The van der Waals surface area contributed by atoms with Crippen LogP contribution in [0.15, 0.2) is 53.4 Å². The molecule has 0 aliphatic carbocycles. The van der Waals surface area contributed by atoms with Gasteiger partial charge in [-0.25, -0.2) is 13.2 Å². The molecule has 0 aromatic heterocycles. The van der Waals surface area contributed by atoms with Crippen LogP contribution < -0.4 is 15.8 Å². The van der Waals surface area contributed by atoms with E-state index in [1.807, 2.05) is 13.8 Å². The highest BCUT2D eigenvalue weighted by Crippen LogP contribution is 2.34. The minimum absolute atomic E-state index is 0.0237. The fourth-order valence-corrected chi connectivity index (χ4v) is 6.10. The molecule has 41 heavy (non-hydrogen) atoms. The van der Waals surface area contributed by atoms with E-state index in [-0.39, 0.29) is 42.7 Å². The van der Waals surface area contributed by atoms with Crippen LogP contribution in [0, 0.1) is 5.92 Å². The Hall–Kier alpha value is -2.71. The molecule has 0 radical (unpaired) electrons. The van der Waals surface area contributed by atoms with Gasteiger partial charge in [-0.05, 0) is 54.3 Å². The predicted octanol–water partition coefficient (Wildman–Crippen LogP) is 1.92. The molecule has 228 valence electrons. The minimum atomic E-state index is -4.36. The fourth-order valence-electron chi connectivity index (χ4n) is 4.16. The molecule has 1 heterocycles. The van der Waals surface area contributed by atoms with Gasteiger partial charge in [0, 0.05) is 25.2 Å². The number of aliphatic hydroxyl groups is 1. The SMILES string of the molecule is CC(C)CN(C[C@@H](O)[C@H](Cc1ccc(OCP(=O)(O)O)cc1)NC(=O)OC1CCOC1)S(=O)(=O)c1ccc(N)cc1. The van der Waals surface area contributed by atoms with Crippen LogP contribution >= 0.6 is 7.60 Å². The Balaban J connectivity index is 1.80. The number of carbonyl (C=O) groups is 1. The molecule has 13 nitrogen and oxygen atoms in total. The number of nitrogen functional groups attached to an aromatic ring is 1. The van der Waals surface area contributed by atoms with Gasteiger partial charge in [-0.15, -0.1) is 0 Å². The molecule has 0 spiro atoms. The van der Waals surface area contributed by atoms with Gasteiger partial charge in [-0.3, -0.25) is 4.57 Å². The summed E-state index contributed by atoms with van der Waals surface area (Å²) in [5, 5.41) is 14.0. The molecule has 2 aromatic carbocycles. The smallest absolute Gasteiger partial charge is 0.407 e. The van der Waals surface area contributed by atoms with Gasteiger partial charge in [0.15, 0.2) is 6.35 Å². The average Bonchev–Trinajstić information content (AvgIpc) is 3.40. The molecule has 2 aromatic rings. The highest BCUT2D eigenvalue weighted by atomic mass is 32.2. The van der Waals surface area contributed by atoms with E-state index in [1.165, 1.54) is 40.7 Å². The van der Waals surface area contributed by atoms with Gasteiger partial charge in [-0.2, -0.15) is 4.31 Å². The number of amides is 1. The number of nitrogens with two attached hydrogens (primary N) is 1. The van der Waals surface area contributed by atoms with Crippen molar-refractivity contribution in [3.63, 3.8) is 0 Å². The van der Waals surface area contributed by atoms with E-state index in [0.717, 1.165) is 0 Å². The second-order valence-corrected chi connectivity index (χ2v) is 13.8. The number of hydrogen-bond acceptors (Lipinski definition) is 9. The van der Waals surface area contributed by atoms with Crippen LogP contribution in [0.2, 0.25) is 0 Å². The molecular formula is C26H38N3O10PS. The van der Waals surface area contributed by atoms with Gasteiger partial charge in [-0.1, -0.05) is 26.0 Å². The Morgan fingerprint density at radius 2 is 1.80 bits per heavy atom. The van der Waals surface area contributed by atoms with Gasteiger partial charge < -0.3 is 40.2 Å². The molecule has 1 amide bonds. The van der Waals surface area contributed by atoms with E-state index in [4.69, 9.17) is 29.7 Å². The van der Waals surface area contributed by atoms with Crippen molar-refractivity contribution < 1.29 is 46.9 Å². The zero-order valence-corrected chi connectivity index (χ0v) is 24.7. The molecule has 1 unspecified atom stereocenters. The monoisotopic (exact) mass is 615 g/mol. The molecule has 0 saturated carbocycles. The van der Waals surface area contributed by atoms with Crippen molar-refractivity contribution in [2.24, 2.45) is 5.92 Å². The second kappa shape index (κ2) is 14.5. The number of alkyl carbamates (subject to hydrolysis) is 1. The Labute approximate surface area is 239 Å². The first-order valence-corrected chi connectivity index (χ1v) is 16.3. The maximum absolute atomic E-state index is 13.5. The topological polar surface area (TPSA) is 198 Å². The summed E-state index contributed by atoms with van der Waals surface area (Å²) in [4.78, 5) is 30.8. The average molecular weight is 616 g/mol. The van der Waals surface area contributed by atoms with Crippen molar-refractivity contribution in [1.82, 2.24) is 9.62 Å². The van der Waals surface area contributed by atoms with E-state index in [2.05, 4.69) is 5.32 Å². The molecule has 0 bridgehead atoms. The van der Waals surface area contributed by atoms with Crippen LogP contribution in [0.25, 0.3) is 0 Å². The van der Waals surface area contributed by atoms with E-state index < -0.39 is 48.3 Å². The number of nitrogens with zero attached hydrogens (tertiary/aromatic N) is 1. The Kier molecular flexibility index (Phi) is 11.6. The zero-order chi connectivity index (χ0) is 30.2. The quantitative estimate of drug-likeness (QED) is 0.154. The van der Waals surface area contributed by atoms with Crippen molar-refractivity contribution in [2.45, 2.75) is 49.8 Å². The highest BCUT2D eigenvalue weighted by Gasteiger charge is 2.32. The zero-order valence-electron chi connectivity index (χ0n) is 23.0. The van der Waals surface area contributed by atoms with Crippen molar-refractivity contribution >= 4 is 29.4 Å². The van der Waals surface area contributed by atoms with E-state index in [9.17, 15) is 22.9 Å². The number of carbonyl (C=O) groups excluding carboxylic acids is 1. The Morgan fingerprint density at radius 3 is 2.37 bits per heavy atom. The third kappa shape index (κ3) is 10.6. The first-order chi connectivity index (χ1) is 19.2. The summed E-state index contributed by atoms with van der Waals surface area (Å²) in [6, 6.07) is 11.0. The highest BCUT2D eigenvalue weighted by molar-refractivity contribution is 7.89. The third-order valence-corrected chi connectivity index (χ3v) is 8.50. The standard InChI is InChI=1S/C26H38N3O10PS/c1-18(2)14-29(41(35,36)23-9-5-20(27)6-10-23)15-25(30)24(28-26(31)39-22-11-12-37-16-22)13-19-3-7-21(8-4-19)38-17-40(32,33)34/h3-10,18,22,24-25,30H,11-17,27H2,1-2H3,(H,28,31)(H2,32,33,34)/t22?,24-,25+/m0/s1. The molecule has 1 saturated heterocycles. The van der Waals surface area contributed by atoms with Crippen LogP contribution in [0.1, 0.15) is 25.8 Å². The van der Waals surface area contributed by atoms with Gasteiger partial charge in [0.25, 0.3) is 0 Å². The maximum atomic E-state index is 13.5. The molecule has 15 heteroatoms. The van der Waals surface area contributed by atoms with Crippen molar-refractivity contribution in [2.75, 3.05) is 38.4 Å². The predicted molar refractivity (Wildman–Crippen MR) is 151 cm³/mol. The Morgan fingerprint density at radius 1 is 1.15 bits per heavy atom. The lowest BCUT2D eigenvalue weighted by molar-refractivity contribution is 0.0644. The number of rotatable bonds is 14. The molecule has 6 N–H and O–H groups in total. The summed E-state index contributed by atoms with van der Waals surface area (Å²) in [6.45, 7) is 4.24. The van der Waals surface area contributed by atoms with Crippen molar-refractivity contribution in [1.29, 1.82) is 0 Å². The molecule has 1 aliphatic heterocycles. The van der Waals surface area contributed by atoms with Gasteiger partial charge in [0.1, 0.15) is 11.9 Å². The van der Waals surface area contributed by atoms with Crippen molar-refractivity contribution in [3.8, 4) is 5.75 Å². The van der Waals surface area contributed by atoms with E-state index in [0.29, 0.717) is 24.3 Å². The van der Waals surface area contributed by atoms with E-state index >= 15 is 0 Å². The summed E-state index contributed by atoms with van der Waals surface area (Å²) in [5.41, 5.74) is 6.77. The number of sulfonamides is 1. The number of anilines is 1. The normalized spacial score (nSPS) is 17.4. The van der Waals surface area contributed by atoms with E-state index in [1.54, 1.807) is 12.1 Å². The fraction of sp³-hybridized carbons (Fsp3) is 0.500. The van der Waals surface area contributed by atoms with Crippen LogP contribution in [-0.4, -0.2) is 84.6 Å². The van der Waals surface area contributed by atoms with Crippen LogP contribution in [0.5, 0.6) is 5.75 Å². The molecule has 3 rings (SSSR count). The number of nitrogens with one attached hydrogen (secondary N) is 1. The summed E-state index contributed by atoms with van der Waals surface area (Å²) in [7, 11) is -8.36. The molecule has 1 aliphatic rings. The first kappa shape index (κ1) is 32.8. The molecule has 3 atom stereocenters. The first-order valence-electron chi connectivity index (χ1n) is 13.1. The summed E-state index contributed by atoms with van der Waals surface area (Å²) < 4.78 is 55.0. The van der Waals surface area contributed by atoms with Crippen molar-refractivity contribution in [3.05, 3.63) is 54.1 Å². The van der Waals surface area contributed by atoms with Gasteiger partial charge in [0.05, 0.1) is 30.3 Å². The van der Waals surface area contributed by atoms with Crippen LogP contribution in [-0.2, 0) is 30.5 Å². The molecular weight excluding hydrogens is 577 g/mol. The van der Waals surface area contributed by atoms with Crippen LogP contribution in [0.4, 0.5) is 10.5 Å². The number of hydrogen-bond donors (Lipinski definition) is 5. The van der Waals surface area contributed by atoms with Gasteiger partial charge in [0.2, 0.25) is 10.0 Å². The third-order valence-electron chi connectivity index (χ3n) is 6.19. The lowest BCUT2D eigenvalue weighted by atomic mass is 10.0. The Bertz CT molecular complexity index is 1280. The largest absolute Gasteiger partial charge is 0.481 e. The van der Waals surface area contributed by atoms with Gasteiger partial charge >= 0.3 is 13.7 Å². The second-order valence-electron chi connectivity index (χ2n) is 10.3. The molecule has 1 fully saturated rings. The lowest BCUT2D eigenvalue weighted by Crippen LogP contribution is -2.51. The number of benzene rings is 2. The number of ether oxygens (including phenoxy) is 3. The number of aliphatic hydroxyl groups excluding tert-OH is 1. The summed E-state index contributed by atoms with van der Waals surface area (Å²) in [5.74, 6) is 0.158.